The standard InChI is InChI=1S/C20H34N6S/c1-15-10-6-9-13-26(15)17-14-16(25-11-7-5-8-12-25)21-18(22-17)23-19(27)24-20(2,3)4/h14-15H,5-13H2,1-4H3,(H2,21,22,23,24,27)/t15-/m0/s1. The van der Waals surface area contributed by atoms with Crippen LogP contribution in [0.5, 0.6) is 0 Å². The zero-order valence-electron chi connectivity index (χ0n) is 17.2. The molecule has 2 N–H and O–H groups in total. The second-order valence-electron chi connectivity index (χ2n) is 8.82. The summed E-state index contributed by atoms with van der Waals surface area (Å²) in [6.45, 7) is 11.8. The molecule has 1 atom stereocenters. The molecule has 0 radical (unpaired) electrons. The predicted molar refractivity (Wildman–Crippen MR) is 118 cm³/mol. The van der Waals surface area contributed by atoms with Gasteiger partial charge in [0, 0.05) is 37.3 Å². The lowest BCUT2D eigenvalue weighted by molar-refractivity contribution is 0.481. The van der Waals surface area contributed by atoms with Crippen LogP contribution in [-0.2, 0) is 0 Å². The van der Waals surface area contributed by atoms with Gasteiger partial charge in [0.2, 0.25) is 5.95 Å². The van der Waals surface area contributed by atoms with Crippen LogP contribution in [-0.4, -0.2) is 46.3 Å². The highest BCUT2D eigenvalue weighted by Crippen LogP contribution is 2.28. The molecule has 0 bridgehead atoms. The molecule has 0 unspecified atom stereocenters. The smallest absolute Gasteiger partial charge is 0.232 e. The third-order valence-corrected chi connectivity index (χ3v) is 5.39. The highest BCUT2D eigenvalue weighted by Gasteiger charge is 2.23. The Morgan fingerprint density at radius 1 is 1.04 bits per heavy atom. The van der Waals surface area contributed by atoms with Crippen molar-refractivity contribution in [3.63, 3.8) is 0 Å². The molecule has 27 heavy (non-hydrogen) atoms. The molecular formula is C20H34N6S. The maximum atomic E-state index is 5.48. The molecule has 3 rings (SSSR count). The van der Waals surface area contributed by atoms with E-state index in [9.17, 15) is 0 Å². The van der Waals surface area contributed by atoms with Crippen LogP contribution in [0.15, 0.2) is 6.07 Å². The van der Waals surface area contributed by atoms with Gasteiger partial charge in [0.05, 0.1) is 0 Å². The molecule has 3 heterocycles. The average molecular weight is 391 g/mol. The second-order valence-corrected chi connectivity index (χ2v) is 9.23. The summed E-state index contributed by atoms with van der Waals surface area (Å²) in [5, 5.41) is 7.07. The highest BCUT2D eigenvalue weighted by atomic mass is 32.1. The van der Waals surface area contributed by atoms with Gasteiger partial charge in [0.1, 0.15) is 11.6 Å². The third kappa shape index (κ3) is 5.67. The van der Waals surface area contributed by atoms with E-state index in [-0.39, 0.29) is 5.54 Å². The summed E-state index contributed by atoms with van der Waals surface area (Å²) >= 11 is 5.48. The normalized spacial score (nSPS) is 21.1. The van der Waals surface area contributed by atoms with Crippen molar-refractivity contribution in [2.75, 3.05) is 34.8 Å². The summed E-state index contributed by atoms with van der Waals surface area (Å²) in [7, 11) is 0. The minimum absolute atomic E-state index is 0.0984. The quantitative estimate of drug-likeness (QED) is 0.758. The van der Waals surface area contributed by atoms with Crippen LogP contribution in [0.2, 0.25) is 0 Å². The molecule has 6 nitrogen and oxygen atoms in total. The van der Waals surface area contributed by atoms with Crippen molar-refractivity contribution in [3.05, 3.63) is 6.07 Å². The van der Waals surface area contributed by atoms with Crippen LogP contribution in [0, 0.1) is 0 Å². The van der Waals surface area contributed by atoms with Crippen molar-refractivity contribution in [1.29, 1.82) is 0 Å². The zero-order chi connectivity index (χ0) is 19.4. The number of thiocarbonyl (C=S) groups is 1. The summed E-state index contributed by atoms with van der Waals surface area (Å²) in [5.74, 6) is 2.62. The Balaban J connectivity index is 1.86. The molecule has 2 aliphatic rings. The Bertz CT molecular complexity index is 650. The van der Waals surface area contributed by atoms with E-state index in [4.69, 9.17) is 22.2 Å². The SMILES string of the molecule is C[C@H]1CCCCN1c1cc(N2CCCCC2)nc(NC(=S)NC(C)(C)C)n1. The Hall–Kier alpha value is -1.63. The van der Waals surface area contributed by atoms with Gasteiger partial charge < -0.3 is 20.4 Å². The van der Waals surface area contributed by atoms with Crippen molar-refractivity contribution in [2.45, 2.75) is 77.8 Å². The zero-order valence-corrected chi connectivity index (χ0v) is 18.0. The first-order chi connectivity index (χ1) is 12.8. The van der Waals surface area contributed by atoms with Crippen molar-refractivity contribution >= 4 is 34.9 Å². The summed E-state index contributed by atoms with van der Waals surface area (Å²) in [6.07, 6.45) is 7.50. The molecule has 0 saturated carbocycles. The lowest BCUT2D eigenvalue weighted by Crippen LogP contribution is -2.43. The van der Waals surface area contributed by atoms with Gasteiger partial charge in [-0.3, -0.25) is 0 Å². The predicted octanol–water partition coefficient (Wildman–Crippen LogP) is 3.93. The highest BCUT2D eigenvalue weighted by molar-refractivity contribution is 7.80. The Morgan fingerprint density at radius 3 is 2.37 bits per heavy atom. The van der Waals surface area contributed by atoms with Gasteiger partial charge in [-0.05, 0) is 78.4 Å². The largest absolute Gasteiger partial charge is 0.358 e. The molecule has 1 aromatic rings. The van der Waals surface area contributed by atoms with Crippen LogP contribution in [0.1, 0.15) is 66.2 Å². The van der Waals surface area contributed by atoms with Crippen molar-refractivity contribution in [2.24, 2.45) is 0 Å². The first kappa shape index (κ1) is 20.1. The topological polar surface area (TPSA) is 56.3 Å². The van der Waals surface area contributed by atoms with Crippen LogP contribution >= 0.6 is 12.2 Å². The van der Waals surface area contributed by atoms with Crippen molar-refractivity contribution in [3.8, 4) is 0 Å². The summed E-state index contributed by atoms with van der Waals surface area (Å²) in [6, 6.07) is 2.67. The van der Waals surface area contributed by atoms with Crippen LogP contribution < -0.4 is 20.4 Å². The van der Waals surface area contributed by atoms with E-state index in [1.807, 2.05) is 0 Å². The van der Waals surface area contributed by atoms with Gasteiger partial charge in [0.25, 0.3) is 0 Å². The van der Waals surface area contributed by atoms with E-state index in [2.05, 4.69) is 54.2 Å². The average Bonchev–Trinajstić information content (AvgIpc) is 2.61. The van der Waals surface area contributed by atoms with E-state index in [0.29, 0.717) is 17.1 Å². The Morgan fingerprint density at radius 2 is 1.70 bits per heavy atom. The summed E-state index contributed by atoms with van der Waals surface area (Å²) in [5.41, 5.74) is -0.0984. The minimum Gasteiger partial charge on any atom is -0.358 e. The van der Waals surface area contributed by atoms with Crippen LogP contribution in [0.3, 0.4) is 0 Å². The number of anilines is 3. The lowest BCUT2D eigenvalue weighted by atomic mass is 10.0. The molecule has 0 aliphatic carbocycles. The fraction of sp³-hybridized carbons (Fsp3) is 0.750. The maximum Gasteiger partial charge on any atom is 0.232 e. The van der Waals surface area contributed by atoms with Gasteiger partial charge in [-0.15, -0.1) is 0 Å². The first-order valence-corrected chi connectivity index (χ1v) is 10.7. The van der Waals surface area contributed by atoms with Crippen LogP contribution in [0.25, 0.3) is 0 Å². The van der Waals surface area contributed by atoms with Crippen molar-refractivity contribution in [1.82, 2.24) is 15.3 Å². The molecule has 7 heteroatoms. The molecule has 150 valence electrons. The van der Waals surface area contributed by atoms with Gasteiger partial charge in [-0.2, -0.15) is 9.97 Å². The number of aromatic nitrogens is 2. The van der Waals surface area contributed by atoms with E-state index >= 15 is 0 Å². The molecule has 0 spiro atoms. The number of piperidine rings is 2. The molecule has 0 aromatic carbocycles. The first-order valence-electron chi connectivity index (χ1n) is 10.3. The van der Waals surface area contributed by atoms with E-state index in [1.54, 1.807) is 0 Å². The molecule has 2 fully saturated rings. The molecule has 2 saturated heterocycles. The van der Waals surface area contributed by atoms with E-state index in [0.717, 1.165) is 31.3 Å². The minimum atomic E-state index is -0.0984. The molecule has 0 amide bonds. The van der Waals surface area contributed by atoms with Gasteiger partial charge >= 0.3 is 0 Å². The van der Waals surface area contributed by atoms with Crippen LogP contribution in [0.4, 0.5) is 17.6 Å². The molecule has 2 aliphatic heterocycles. The number of nitrogens with one attached hydrogen (secondary N) is 2. The Kier molecular flexibility index (Phi) is 6.40. The summed E-state index contributed by atoms with van der Waals surface area (Å²) < 4.78 is 0. The number of nitrogens with zero attached hydrogens (tertiary/aromatic N) is 4. The molecule has 1 aromatic heterocycles. The monoisotopic (exact) mass is 390 g/mol. The number of rotatable bonds is 3. The van der Waals surface area contributed by atoms with Gasteiger partial charge in [0.15, 0.2) is 5.11 Å². The van der Waals surface area contributed by atoms with E-state index in [1.165, 1.54) is 38.5 Å². The Labute approximate surface area is 169 Å². The number of hydrogen-bond acceptors (Lipinski definition) is 5. The fourth-order valence-corrected chi connectivity index (χ4v) is 4.22. The second kappa shape index (κ2) is 8.59. The number of hydrogen-bond donors (Lipinski definition) is 2. The summed E-state index contributed by atoms with van der Waals surface area (Å²) in [4.78, 5) is 14.4. The van der Waals surface area contributed by atoms with Gasteiger partial charge in [-0.25, -0.2) is 0 Å². The third-order valence-electron chi connectivity index (χ3n) is 5.19. The fourth-order valence-electron chi connectivity index (χ4n) is 3.82. The van der Waals surface area contributed by atoms with E-state index < -0.39 is 0 Å². The molecular weight excluding hydrogens is 356 g/mol. The maximum absolute atomic E-state index is 5.48. The van der Waals surface area contributed by atoms with Crippen molar-refractivity contribution < 1.29 is 0 Å². The lowest BCUT2D eigenvalue weighted by Gasteiger charge is -2.35. The van der Waals surface area contributed by atoms with Gasteiger partial charge in [-0.1, -0.05) is 0 Å².